The van der Waals surface area contributed by atoms with Crippen molar-refractivity contribution in [2.75, 3.05) is 0 Å². The van der Waals surface area contributed by atoms with Crippen molar-refractivity contribution in [3.63, 3.8) is 0 Å². The molecule has 1 aromatic heterocycles. The van der Waals surface area contributed by atoms with E-state index in [9.17, 15) is 4.79 Å². The molecule has 0 fully saturated rings. The lowest BCUT2D eigenvalue weighted by Gasteiger charge is -2.07. The highest BCUT2D eigenvalue weighted by atomic mass is 35.5. The minimum absolute atomic E-state index is 0.278. The molecule has 0 aliphatic rings. The summed E-state index contributed by atoms with van der Waals surface area (Å²) in [5.41, 5.74) is 2.11. The Balaban J connectivity index is 2.02. The van der Waals surface area contributed by atoms with Crippen LogP contribution in [0.4, 0.5) is 0 Å². The maximum atomic E-state index is 11.0. The summed E-state index contributed by atoms with van der Waals surface area (Å²) in [5, 5.41) is 11.1. The lowest BCUT2D eigenvalue weighted by atomic mass is 10.1. The predicted octanol–water partition coefficient (Wildman–Crippen LogP) is 4.69. The molecule has 1 heterocycles. The first-order valence-electron chi connectivity index (χ1n) is 6.31. The zero-order valence-electron chi connectivity index (χ0n) is 10.9. The van der Waals surface area contributed by atoms with E-state index in [1.807, 2.05) is 29.0 Å². The maximum absolute atomic E-state index is 11.0. The van der Waals surface area contributed by atoms with Crippen LogP contribution in [0.15, 0.2) is 48.7 Å². The molecular weight excluding hydrogens is 309 g/mol. The van der Waals surface area contributed by atoms with Crippen molar-refractivity contribution in [1.82, 2.24) is 4.57 Å². The lowest BCUT2D eigenvalue weighted by molar-refractivity contribution is 0.0696. The largest absolute Gasteiger partial charge is 0.478 e. The van der Waals surface area contributed by atoms with Gasteiger partial charge in [0.15, 0.2) is 0 Å². The Kier molecular flexibility index (Phi) is 3.62. The summed E-state index contributed by atoms with van der Waals surface area (Å²) in [7, 11) is 0. The molecule has 0 atom stereocenters. The molecule has 3 aromatic rings. The van der Waals surface area contributed by atoms with Gasteiger partial charge in [-0.3, -0.25) is 0 Å². The summed E-state index contributed by atoms with van der Waals surface area (Å²) < 4.78 is 1.99. The fourth-order valence-corrected chi connectivity index (χ4v) is 2.90. The quantitative estimate of drug-likeness (QED) is 0.760. The van der Waals surface area contributed by atoms with Crippen molar-refractivity contribution >= 4 is 40.1 Å². The second kappa shape index (κ2) is 5.43. The highest BCUT2D eigenvalue weighted by Crippen LogP contribution is 2.29. The number of aromatic nitrogens is 1. The number of carbonyl (C=O) groups is 1. The molecule has 0 amide bonds. The van der Waals surface area contributed by atoms with Crippen LogP contribution in [-0.2, 0) is 6.54 Å². The van der Waals surface area contributed by atoms with Crippen LogP contribution in [0.3, 0.4) is 0 Å². The smallest absolute Gasteiger partial charge is 0.335 e. The zero-order chi connectivity index (χ0) is 15.0. The summed E-state index contributed by atoms with van der Waals surface area (Å²) >= 11 is 12.2. The number of hydrogen-bond acceptors (Lipinski definition) is 1. The molecule has 0 unspecified atom stereocenters. The fourth-order valence-electron chi connectivity index (χ4n) is 2.36. The van der Waals surface area contributed by atoms with Crippen molar-refractivity contribution in [3.8, 4) is 0 Å². The third-order valence-electron chi connectivity index (χ3n) is 3.33. The van der Waals surface area contributed by atoms with Crippen LogP contribution < -0.4 is 0 Å². The van der Waals surface area contributed by atoms with Crippen molar-refractivity contribution in [1.29, 1.82) is 0 Å². The number of carboxylic acid groups (broad SMARTS) is 1. The summed E-state index contributed by atoms with van der Waals surface area (Å²) in [6, 6.07) is 12.4. The summed E-state index contributed by atoms with van der Waals surface area (Å²) in [6.45, 7) is 0.557. The van der Waals surface area contributed by atoms with Gasteiger partial charge < -0.3 is 9.67 Å². The standard InChI is InChI=1S/C16H11Cl2NO2/c17-12-7-14(18)13-4-5-19(15(13)8-12)9-10-2-1-3-11(6-10)16(20)21/h1-8H,9H2,(H,20,21). The fraction of sp³-hybridized carbons (Fsp3) is 0.0625. The first-order valence-corrected chi connectivity index (χ1v) is 7.06. The number of nitrogens with zero attached hydrogens (tertiary/aromatic N) is 1. The first kappa shape index (κ1) is 14.0. The number of carboxylic acids is 1. The summed E-state index contributed by atoms with van der Waals surface area (Å²) in [4.78, 5) is 11.0. The van der Waals surface area contributed by atoms with Crippen LogP contribution in [0.1, 0.15) is 15.9 Å². The number of hydrogen-bond donors (Lipinski definition) is 1. The van der Waals surface area contributed by atoms with Gasteiger partial charge >= 0.3 is 5.97 Å². The highest BCUT2D eigenvalue weighted by molar-refractivity contribution is 6.38. The lowest BCUT2D eigenvalue weighted by Crippen LogP contribution is -2.01. The van der Waals surface area contributed by atoms with E-state index in [1.54, 1.807) is 24.3 Å². The summed E-state index contributed by atoms with van der Waals surface area (Å²) in [6.07, 6.45) is 1.92. The van der Waals surface area contributed by atoms with Gasteiger partial charge in [0.1, 0.15) is 0 Å². The van der Waals surface area contributed by atoms with Gasteiger partial charge in [-0.25, -0.2) is 4.79 Å². The molecule has 106 valence electrons. The molecule has 5 heteroatoms. The molecule has 2 aromatic carbocycles. The van der Waals surface area contributed by atoms with E-state index in [-0.39, 0.29) is 5.56 Å². The van der Waals surface area contributed by atoms with Gasteiger partial charge in [-0.2, -0.15) is 0 Å². The van der Waals surface area contributed by atoms with Crippen LogP contribution >= 0.6 is 23.2 Å². The van der Waals surface area contributed by atoms with Gasteiger partial charge in [0.05, 0.1) is 16.1 Å². The van der Waals surface area contributed by atoms with Crippen LogP contribution in [0.2, 0.25) is 10.0 Å². The molecule has 3 rings (SSSR count). The van der Waals surface area contributed by atoms with E-state index in [1.165, 1.54) is 0 Å². The first-order chi connectivity index (χ1) is 10.0. The Hall–Kier alpha value is -1.97. The zero-order valence-corrected chi connectivity index (χ0v) is 12.4. The van der Waals surface area contributed by atoms with E-state index < -0.39 is 5.97 Å². The molecule has 21 heavy (non-hydrogen) atoms. The molecule has 0 radical (unpaired) electrons. The Morgan fingerprint density at radius 3 is 2.71 bits per heavy atom. The molecule has 1 N–H and O–H groups in total. The Morgan fingerprint density at radius 1 is 1.14 bits per heavy atom. The topological polar surface area (TPSA) is 42.2 Å². The second-order valence-electron chi connectivity index (χ2n) is 4.77. The van der Waals surface area contributed by atoms with Gasteiger partial charge in [0.2, 0.25) is 0 Å². The maximum Gasteiger partial charge on any atom is 0.335 e. The van der Waals surface area contributed by atoms with Gasteiger partial charge in [0, 0.05) is 23.2 Å². The summed E-state index contributed by atoms with van der Waals surface area (Å²) in [5.74, 6) is -0.930. The third-order valence-corrected chi connectivity index (χ3v) is 3.86. The van der Waals surface area contributed by atoms with Crippen LogP contribution in [0.5, 0.6) is 0 Å². The van der Waals surface area contributed by atoms with E-state index in [4.69, 9.17) is 28.3 Å². The highest BCUT2D eigenvalue weighted by Gasteiger charge is 2.08. The monoisotopic (exact) mass is 319 g/mol. The SMILES string of the molecule is O=C(O)c1cccc(Cn2ccc3c(Cl)cc(Cl)cc32)c1. The van der Waals surface area contributed by atoms with Gasteiger partial charge in [-0.1, -0.05) is 35.3 Å². The van der Waals surface area contributed by atoms with Crippen molar-refractivity contribution in [2.24, 2.45) is 0 Å². The van der Waals surface area contributed by atoms with Crippen molar-refractivity contribution in [2.45, 2.75) is 6.54 Å². The van der Waals surface area contributed by atoms with E-state index in [0.29, 0.717) is 16.6 Å². The van der Waals surface area contributed by atoms with E-state index >= 15 is 0 Å². The van der Waals surface area contributed by atoms with Crippen molar-refractivity contribution < 1.29 is 9.90 Å². The molecule has 0 aliphatic carbocycles. The Labute approximate surface area is 131 Å². The van der Waals surface area contributed by atoms with Crippen LogP contribution in [0, 0.1) is 0 Å². The normalized spacial score (nSPS) is 11.0. The predicted molar refractivity (Wildman–Crippen MR) is 84.5 cm³/mol. The van der Waals surface area contributed by atoms with E-state index in [0.717, 1.165) is 16.5 Å². The number of rotatable bonds is 3. The average Bonchev–Trinajstić information content (AvgIpc) is 2.82. The van der Waals surface area contributed by atoms with Crippen LogP contribution in [0.25, 0.3) is 10.9 Å². The van der Waals surface area contributed by atoms with Gasteiger partial charge in [-0.05, 0) is 35.9 Å². The number of aromatic carboxylic acids is 1. The second-order valence-corrected chi connectivity index (χ2v) is 5.61. The third kappa shape index (κ3) is 2.75. The number of halogens is 2. The van der Waals surface area contributed by atoms with Gasteiger partial charge in [-0.15, -0.1) is 0 Å². The van der Waals surface area contributed by atoms with Crippen LogP contribution in [-0.4, -0.2) is 15.6 Å². The van der Waals surface area contributed by atoms with E-state index in [2.05, 4.69) is 0 Å². The molecule has 0 spiro atoms. The Morgan fingerprint density at radius 2 is 1.95 bits per heavy atom. The minimum atomic E-state index is -0.930. The molecule has 0 saturated carbocycles. The molecule has 0 saturated heterocycles. The molecule has 3 nitrogen and oxygen atoms in total. The molecule has 0 aliphatic heterocycles. The van der Waals surface area contributed by atoms with Gasteiger partial charge in [0.25, 0.3) is 0 Å². The number of fused-ring (bicyclic) bond motifs is 1. The average molecular weight is 320 g/mol. The van der Waals surface area contributed by atoms with Crippen molar-refractivity contribution in [3.05, 3.63) is 69.8 Å². The number of benzene rings is 2. The molecular formula is C16H11Cl2NO2. The molecule has 0 bridgehead atoms. The Bertz CT molecular complexity index is 839. The minimum Gasteiger partial charge on any atom is -0.478 e.